The summed E-state index contributed by atoms with van der Waals surface area (Å²) in [7, 11) is 1.71. The van der Waals surface area contributed by atoms with Gasteiger partial charge in [-0.2, -0.15) is 0 Å². The Bertz CT molecular complexity index is 620. The number of hydrogen-bond acceptors (Lipinski definition) is 3. The van der Waals surface area contributed by atoms with E-state index in [1.165, 1.54) is 19.3 Å². The molecule has 4 fully saturated rings. The normalized spacial score (nSPS) is 38.1. The molecule has 4 aliphatic carbocycles. The van der Waals surface area contributed by atoms with Gasteiger partial charge in [-0.15, -0.1) is 0 Å². The van der Waals surface area contributed by atoms with Crippen LogP contribution in [0.25, 0.3) is 0 Å². The van der Waals surface area contributed by atoms with Crippen molar-refractivity contribution in [2.24, 2.45) is 11.8 Å². The molecule has 0 saturated heterocycles. The van der Waals surface area contributed by atoms with Gasteiger partial charge in [-0.25, -0.2) is 0 Å². The van der Waals surface area contributed by atoms with Crippen LogP contribution in [0.1, 0.15) is 44.1 Å². The molecule has 126 valence electrons. The first-order chi connectivity index (χ1) is 10.9. The molecule has 5 rings (SSSR count). The molecule has 0 aromatic heterocycles. The standard InChI is InChI=1S/C18H23Br2NO2/c1-23-16-13(3-14(19)4-15(16)20)9-21-17-5-11-2-12(6-17)8-18(22,7-11)10-17/h3-4,11-12,21-22H,2,5-10H2,1H3. The maximum atomic E-state index is 10.9. The number of rotatable bonds is 4. The van der Waals surface area contributed by atoms with E-state index in [-0.39, 0.29) is 5.54 Å². The van der Waals surface area contributed by atoms with E-state index >= 15 is 0 Å². The van der Waals surface area contributed by atoms with E-state index in [2.05, 4.69) is 43.2 Å². The summed E-state index contributed by atoms with van der Waals surface area (Å²) in [6.45, 7) is 0.775. The summed E-state index contributed by atoms with van der Waals surface area (Å²) in [5, 5.41) is 14.7. The highest BCUT2D eigenvalue weighted by Gasteiger charge is 2.56. The fourth-order valence-corrected chi connectivity index (χ4v) is 7.15. The van der Waals surface area contributed by atoms with E-state index < -0.39 is 5.60 Å². The van der Waals surface area contributed by atoms with Crippen LogP contribution in [0.3, 0.4) is 0 Å². The molecule has 0 spiro atoms. The van der Waals surface area contributed by atoms with Crippen LogP contribution < -0.4 is 10.1 Å². The van der Waals surface area contributed by atoms with Crippen LogP contribution in [0, 0.1) is 11.8 Å². The predicted octanol–water partition coefficient (Wildman–Crippen LogP) is 4.39. The van der Waals surface area contributed by atoms with Crippen LogP contribution in [0.5, 0.6) is 5.75 Å². The summed E-state index contributed by atoms with van der Waals surface area (Å²) < 4.78 is 7.58. The van der Waals surface area contributed by atoms with Gasteiger partial charge in [0.25, 0.3) is 0 Å². The molecule has 4 aliphatic rings. The third-order valence-electron chi connectivity index (χ3n) is 5.97. The van der Waals surface area contributed by atoms with Crippen molar-refractivity contribution in [3.63, 3.8) is 0 Å². The van der Waals surface area contributed by atoms with Crippen LogP contribution in [0.4, 0.5) is 0 Å². The number of ether oxygens (including phenoxy) is 1. The number of benzene rings is 1. The molecule has 3 nitrogen and oxygen atoms in total. The van der Waals surface area contributed by atoms with Gasteiger partial charge in [-0.1, -0.05) is 15.9 Å². The Labute approximate surface area is 154 Å². The Balaban J connectivity index is 1.56. The third kappa shape index (κ3) is 2.99. The fraction of sp³-hybridized carbons (Fsp3) is 0.667. The molecule has 4 bridgehead atoms. The molecule has 1 aromatic rings. The number of aliphatic hydroxyl groups is 1. The van der Waals surface area contributed by atoms with E-state index in [1.807, 2.05) is 6.07 Å². The average molecular weight is 445 g/mol. The van der Waals surface area contributed by atoms with Crippen LogP contribution >= 0.6 is 31.9 Å². The van der Waals surface area contributed by atoms with Crippen LogP contribution in [-0.2, 0) is 6.54 Å². The Morgan fingerprint density at radius 1 is 1.22 bits per heavy atom. The predicted molar refractivity (Wildman–Crippen MR) is 97.6 cm³/mol. The van der Waals surface area contributed by atoms with Gasteiger partial charge >= 0.3 is 0 Å². The van der Waals surface area contributed by atoms with Gasteiger partial charge in [0.15, 0.2) is 0 Å². The van der Waals surface area contributed by atoms with E-state index in [0.29, 0.717) is 11.8 Å². The van der Waals surface area contributed by atoms with Crippen molar-refractivity contribution >= 4 is 31.9 Å². The Kier molecular flexibility index (Phi) is 4.07. The first kappa shape index (κ1) is 16.4. The summed E-state index contributed by atoms with van der Waals surface area (Å²) in [4.78, 5) is 0. The van der Waals surface area contributed by atoms with Crippen LogP contribution in [-0.4, -0.2) is 23.4 Å². The van der Waals surface area contributed by atoms with Gasteiger partial charge in [0, 0.05) is 22.1 Å². The Morgan fingerprint density at radius 3 is 2.52 bits per heavy atom. The summed E-state index contributed by atoms with van der Waals surface area (Å²) in [6, 6.07) is 4.13. The highest BCUT2D eigenvalue weighted by Crippen LogP contribution is 2.57. The smallest absolute Gasteiger partial charge is 0.137 e. The SMILES string of the molecule is COc1c(Br)cc(Br)cc1CNC12CC3CC(CC(O)(C3)C1)C2. The van der Waals surface area contributed by atoms with Crippen molar-refractivity contribution in [1.29, 1.82) is 0 Å². The lowest BCUT2D eigenvalue weighted by atomic mass is 9.51. The third-order valence-corrected chi connectivity index (χ3v) is 7.02. The number of halogens is 2. The Morgan fingerprint density at radius 2 is 1.91 bits per heavy atom. The molecule has 1 aromatic carbocycles. The molecule has 0 amide bonds. The van der Waals surface area contributed by atoms with E-state index in [9.17, 15) is 5.11 Å². The van der Waals surface area contributed by atoms with E-state index in [0.717, 1.165) is 46.1 Å². The molecule has 0 radical (unpaired) electrons. The van der Waals surface area contributed by atoms with Crippen molar-refractivity contribution < 1.29 is 9.84 Å². The van der Waals surface area contributed by atoms with Crippen LogP contribution in [0.15, 0.2) is 21.1 Å². The lowest BCUT2D eigenvalue weighted by Crippen LogP contribution is -2.64. The number of nitrogens with one attached hydrogen (secondary N) is 1. The molecular formula is C18H23Br2NO2. The summed E-state index contributed by atoms with van der Waals surface area (Å²) in [5.74, 6) is 2.29. The van der Waals surface area contributed by atoms with E-state index in [4.69, 9.17) is 4.74 Å². The maximum Gasteiger partial charge on any atom is 0.137 e. The molecule has 2 unspecified atom stereocenters. The Hall–Kier alpha value is -0.100. The lowest BCUT2D eigenvalue weighted by Gasteiger charge is -2.60. The summed E-state index contributed by atoms with van der Waals surface area (Å²) in [6.07, 6.45) is 6.67. The molecule has 5 heteroatoms. The molecule has 0 aliphatic heterocycles. The monoisotopic (exact) mass is 443 g/mol. The van der Waals surface area contributed by atoms with Gasteiger partial charge < -0.3 is 15.2 Å². The number of methoxy groups -OCH3 is 1. The minimum atomic E-state index is -0.418. The van der Waals surface area contributed by atoms with Crippen molar-refractivity contribution in [3.8, 4) is 5.75 Å². The number of hydrogen-bond donors (Lipinski definition) is 2. The first-order valence-corrected chi connectivity index (χ1v) is 9.98. The van der Waals surface area contributed by atoms with Crippen molar-refractivity contribution in [2.45, 2.75) is 56.2 Å². The van der Waals surface area contributed by atoms with Gasteiger partial charge in [0.2, 0.25) is 0 Å². The van der Waals surface area contributed by atoms with Gasteiger partial charge in [0.05, 0.1) is 17.2 Å². The van der Waals surface area contributed by atoms with Crippen molar-refractivity contribution in [1.82, 2.24) is 5.32 Å². The highest BCUT2D eigenvalue weighted by atomic mass is 79.9. The maximum absolute atomic E-state index is 10.9. The van der Waals surface area contributed by atoms with Gasteiger partial charge in [0.1, 0.15) is 5.75 Å². The fourth-order valence-electron chi connectivity index (χ4n) is 5.68. The quantitative estimate of drug-likeness (QED) is 0.723. The topological polar surface area (TPSA) is 41.5 Å². The zero-order valence-corrected chi connectivity index (χ0v) is 16.5. The minimum absolute atomic E-state index is 0.110. The zero-order chi connectivity index (χ0) is 16.2. The molecular weight excluding hydrogens is 422 g/mol. The van der Waals surface area contributed by atoms with Gasteiger partial charge in [-0.05, 0) is 78.4 Å². The summed E-state index contributed by atoms with van der Waals surface area (Å²) in [5.41, 5.74) is 0.842. The minimum Gasteiger partial charge on any atom is -0.495 e. The second-order valence-corrected chi connectivity index (χ2v) is 9.67. The van der Waals surface area contributed by atoms with E-state index in [1.54, 1.807) is 7.11 Å². The second kappa shape index (κ2) is 5.72. The molecule has 23 heavy (non-hydrogen) atoms. The lowest BCUT2D eigenvalue weighted by molar-refractivity contribution is -0.142. The molecule has 4 saturated carbocycles. The average Bonchev–Trinajstić information content (AvgIpc) is 2.42. The zero-order valence-electron chi connectivity index (χ0n) is 13.4. The first-order valence-electron chi connectivity index (χ1n) is 8.40. The van der Waals surface area contributed by atoms with Gasteiger partial charge in [-0.3, -0.25) is 0 Å². The highest BCUT2D eigenvalue weighted by molar-refractivity contribution is 9.11. The second-order valence-electron chi connectivity index (χ2n) is 7.90. The molecule has 0 heterocycles. The summed E-state index contributed by atoms with van der Waals surface area (Å²) >= 11 is 7.14. The molecule has 2 N–H and O–H groups in total. The van der Waals surface area contributed by atoms with Crippen LogP contribution in [0.2, 0.25) is 0 Å². The van der Waals surface area contributed by atoms with Crippen molar-refractivity contribution in [3.05, 3.63) is 26.6 Å². The largest absolute Gasteiger partial charge is 0.495 e. The van der Waals surface area contributed by atoms with Crippen molar-refractivity contribution in [2.75, 3.05) is 7.11 Å². The molecule has 2 atom stereocenters.